The average Bonchev–Trinajstić information content (AvgIpc) is 2.91. The number of nitrogens with zero attached hydrogens (tertiary/aromatic N) is 3. The molecule has 2 aliphatic heterocycles. The third kappa shape index (κ3) is 5.61. The van der Waals surface area contributed by atoms with Crippen molar-refractivity contribution < 1.29 is 9.53 Å². The van der Waals surface area contributed by atoms with Crippen LogP contribution in [0, 0.1) is 0 Å². The highest BCUT2D eigenvalue weighted by molar-refractivity contribution is 5.92. The molecule has 0 radical (unpaired) electrons. The fraction of sp³-hybridized carbons (Fsp3) is 0.842. The maximum absolute atomic E-state index is 12.9. The van der Waals surface area contributed by atoms with Gasteiger partial charge in [0, 0.05) is 31.4 Å². The third-order valence-electron chi connectivity index (χ3n) is 4.75. The van der Waals surface area contributed by atoms with Gasteiger partial charge in [0.15, 0.2) is 0 Å². The highest BCUT2D eigenvalue weighted by Crippen LogP contribution is 2.25. The van der Waals surface area contributed by atoms with Gasteiger partial charge in [0.25, 0.3) is 5.91 Å². The fourth-order valence-electron chi connectivity index (χ4n) is 3.35. The minimum absolute atomic E-state index is 0.00697. The first kappa shape index (κ1) is 20.0. The number of carbonyl (C=O) groups is 1. The lowest BCUT2D eigenvalue weighted by atomic mass is 10.1. The lowest BCUT2D eigenvalue weighted by molar-refractivity contribution is -0.131. The Morgan fingerprint density at radius 1 is 1.24 bits per heavy atom. The van der Waals surface area contributed by atoms with Crippen molar-refractivity contribution in [2.45, 2.75) is 78.6 Å². The van der Waals surface area contributed by atoms with Gasteiger partial charge < -0.3 is 14.5 Å². The van der Waals surface area contributed by atoms with E-state index in [2.05, 4.69) is 42.9 Å². The molecule has 0 aromatic rings. The molecule has 2 aliphatic rings. The summed E-state index contributed by atoms with van der Waals surface area (Å²) in [6.45, 7) is 16.0. The zero-order chi connectivity index (χ0) is 18.6. The quantitative estimate of drug-likeness (QED) is 0.745. The number of nitrogens with one attached hydrogen (secondary N) is 1. The molecule has 0 aliphatic carbocycles. The van der Waals surface area contributed by atoms with E-state index in [1.54, 1.807) is 0 Å². The smallest absolute Gasteiger partial charge is 0.283 e. The minimum atomic E-state index is -0.00968. The summed E-state index contributed by atoms with van der Waals surface area (Å²) in [7, 11) is 0. The van der Waals surface area contributed by atoms with Gasteiger partial charge in [-0.25, -0.2) is 5.01 Å². The summed E-state index contributed by atoms with van der Waals surface area (Å²) in [4.78, 5) is 17.4. The predicted octanol–water partition coefficient (Wildman–Crippen LogP) is 2.53. The topological polar surface area (TPSA) is 48.0 Å². The molecule has 144 valence electrons. The van der Waals surface area contributed by atoms with Crippen LogP contribution in [-0.2, 0) is 9.53 Å². The number of unbranched alkanes of at least 4 members (excludes halogenated alkanes) is 2. The maximum Gasteiger partial charge on any atom is 0.283 e. The van der Waals surface area contributed by atoms with Gasteiger partial charge >= 0.3 is 0 Å². The van der Waals surface area contributed by atoms with Gasteiger partial charge in [0.05, 0.1) is 18.9 Å². The number of hydrazine groups is 1. The van der Waals surface area contributed by atoms with E-state index in [4.69, 9.17) is 4.74 Å². The predicted molar refractivity (Wildman–Crippen MR) is 100 cm³/mol. The van der Waals surface area contributed by atoms with Crippen LogP contribution in [0.25, 0.3) is 0 Å². The molecule has 1 N–H and O–H groups in total. The molecule has 0 aromatic carbocycles. The summed E-state index contributed by atoms with van der Waals surface area (Å²) in [5, 5.41) is 1.99. The number of hydrogen-bond donors (Lipinski definition) is 1. The van der Waals surface area contributed by atoms with E-state index in [9.17, 15) is 4.79 Å². The molecule has 6 heteroatoms. The van der Waals surface area contributed by atoms with E-state index in [-0.39, 0.29) is 23.7 Å². The van der Waals surface area contributed by atoms with Crippen LogP contribution in [0.1, 0.15) is 60.8 Å². The van der Waals surface area contributed by atoms with Crippen molar-refractivity contribution in [2.24, 2.45) is 0 Å². The van der Waals surface area contributed by atoms with Crippen molar-refractivity contribution >= 4 is 5.91 Å². The molecule has 2 heterocycles. The van der Waals surface area contributed by atoms with Crippen LogP contribution in [0.5, 0.6) is 0 Å². The molecule has 1 fully saturated rings. The van der Waals surface area contributed by atoms with Crippen LogP contribution in [-0.4, -0.2) is 64.8 Å². The van der Waals surface area contributed by atoms with Crippen LogP contribution in [0.4, 0.5) is 0 Å². The van der Waals surface area contributed by atoms with Crippen LogP contribution >= 0.6 is 0 Å². The molecule has 2 atom stereocenters. The van der Waals surface area contributed by atoms with Gasteiger partial charge in [-0.15, -0.1) is 0 Å². The molecule has 0 saturated carbocycles. The lowest BCUT2D eigenvalue weighted by Gasteiger charge is -2.35. The van der Waals surface area contributed by atoms with Crippen molar-refractivity contribution in [1.29, 1.82) is 0 Å². The summed E-state index contributed by atoms with van der Waals surface area (Å²) in [6.07, 6.45) is 5.78. The molecule has 2 unspecified atom stereocenters. The standard InChI is InChI=1S/C19H36N4O2/c1-7-8-9-10-21-14-22(19(4,5)6)13-17(21)18(24)20-23-11-15(2)25-16(3)12-23/h13,15-16H,7-12,14H2,1-6H3,(H,20,24). The number of morpholine rings is 1. The summed E-state index contributed by atoms with van der Waals surface area (Å²) in [6, 6.07) is 0. The Morgan fingerprint density at radius 3 is 2.44 bits per heavy atom. The average molecular weight is 353 g/mol. The summed E-state index contributed by atoms with van der Waals surface area (Å²) in [5.74, 6) is -0.00968. The first-order valence-electron chi connectivity index (χ1n) is 9.65. The van der Waals surface area contributed by atoms with E-state index in [0.29, 0.717) is 0 Å². The Kier molecular flexibility index (Phi) is 6.74. The normalized spacial score (nSPS) is 25.3. The molecule has 2 rings (SSSR count). The molecule has 6 nitrogen and oxygen atoms in total. The third-order valence-corrected chi connectivity index (χ3v) is 4.75. The number of ether oxygens (including phenoxy) is 1. The van der Waals surface area contributed by atoms with E-state index in [1.165, 1.54) is 12.8 Å². The van der Waals surface area contributed by atoms with E-state index >= 15 is 0 Å². The van der Waals surface area contributed by atoms with Crippen molar-refractivity contribution in [3.05, 3.63) is 11.9 Å². The number of carbonyl (C=O) groups excluding carboxylic acids is 1. The van der Waals surface area contributed by atoms with Crippen LogP contribution in [0.3, 0.4) is 0 Å². The Hall–Kier alpha value is -1.27. The molecular formula is C19H36N4O2. The Bertz CT molecular complexity index is 476. The largest absolute Gasteiger partial charge is 0.373 e. The first-order chi connectivity index (χ1) is 11.7. The second kappa shape index (κ2) is 8.41. The molecule has 0 spiro atoms. The van der Waals surface area contributed by atoms with Crippen molar-refractivity contribution in [3.63, 3.8) is 0 Å². The van der Waals surface area contributed by atoms with Gasteiger partial charge in [0.1, 0.15) is 5.70 Å². The second-order valence-corrected chi connectivity index (χ2v) is 8.37. The van der Waals surface area contributed by atoms with E-state index in [0.717, 1.165) is 38.4 Å². The van der Waals surface area contributed by atoms with Crippen LogP contribution < -0.4 is 5.43 Å². The van der Waals surface area contributed by atoms with Crippen LogP contribution in [0.2, 0.25) is 0 Å². The van der Waals surface area contributed by atoms with Crippen molar-refractivity contribution in [3.8, 4) is 0 Å². The highest BCUT2D eigenvalue weighted by atomic mass is 16.5. The maximum atomic E-state index is 12.9. The molecular weight excluding hydrogens is 316 g/mol. The zero-order valence-electron chi connectivity index (χ0n) is 16.8. The van der Waals surface area contributed by atoms with Gasteiger partial charge in [-0.1, -0.05) is 19.8 Å². The summed E-state index contributed by atoms with van der Waals surface area (Å²) < 4.78 is 5.75. The van der Waals surface area contributed by atoms with Crippen LogP contribution in [0.15, 0.2) is 11.9 Å². The molecule has 1 saturated heterocycles. The Balaban J connectivity index is 2.03. The summed E-state index contributed by atoms with van der Waals surface area (Å²) >= 11 is 0. The van der Waals surface area contributed by atoms with Gasteiger partial charge in [0.2, 0.25) is 0 Å². The van der Waals surface area contributed by atoms with E-state index in [1.807, 2.05) is 25.1 Å². The monoisotopic (exact) mass is 352 g/mol. The molecule has 0 bridgehead atoms. The Morgan fingerprint density at radius 2 is 1.88 bits per heavy atom. The zero-order valence-corrected chi connectivity index (χ0v) is 16.8. The minimum Gasteiger partial charge on any atom is -0.373 e. The highest BCUT2D eigenvalue weighted by Gasteiger charge is 2.32. The van der Waals surface area contributed by atoms with Crippen molar-refractivity contribution in [2.75, 3.05) is 26.3 Å². The van der Waals surface area contributed by atoms with E-state index < -0.39 is 0 Å². The van der Waals surface area contributed by atoms with Gasteiger partial charge in [-0.05, 0) is 41.0 Å². The number of hydrogen-bond acceptors (Lipinski definition) is 5. The van der Waals surface area contributed by atoms with Crippen molar-refractivity contribution in [1.82, 2.24) is 20.2 Å². The second-order valence-electron chi connectivity index (χ2n) is 8.37. The molecule has 25 heavy (non-hydrogen) atoms. The first-order valence-corrected chi connectivity index (χ1v) is 9.65. The molecule has 1 amide bonds. The number of rotatable bonds is 6. The fourth-order valence-corrected chi connectivity index (χ4v) is 3.35. The Labute approximate surface area is 153 Å². The lowest BCUT2D eigenvalue weighted by Crippen LogP contribution is -2.54. The molecule has 0 aromatic heterocycles. The number of amides is 1. The van der Waals surface area contributed by atoms with Gasteiger partial charge in [-0.2, -0.15) is 0 Å². The van der Waals surface area contributed by atoms with Gasteiger partial charge in [-0.3, -0.25) is 10.2 Å². The SMILES string of the molecule is CCCCCN1CN(C(C)(C)C)C=C1C(=O)NN1CC(C)OC(C)C1. The summed E-state index contributed by atoms with van der Waals surface area (Å²) in [5.41, 5.74) is 3.87.